The third-order valence-corrected chi connectivity index (χ3v) is 6.92. The fraction of sp³-hybridized carbons (Fsp3) is 0.381. The molecule has 0 unspecified atom stereocenters. The van der Waals surface area contributed by atoms with Crippen LogP contribution < -0.4 is 0 Å². The van der Waals surface area contributed by atoms with Crippen LogP contribution in [-0.4, -0.2) is 43.8 Å². The van der Waals surface area contributed by atoms with Crippen LogP contribution in [0.5, 0.6) is 0 Å². The van der Waals surface area contributed by atoms with Crippen LogP contribution >= 0.6 is 0 Å². The van der Waals surface area contributed by atoms with E-state index in [-0.39, 0.29) is 4.90 Å². The van der Waals surface area contributed by atoms with Crippen LogP contribution in [0, 0.1) is 11.3 Å². The van der Waals surface area contributed by atoms with Gasteiger partial charge in [-0.3, -0.25) is 4.90 Å². The molecule has 0 radical (unpaired) electrons. The minimum atomic E-state index is -3.50. The molecule has 1 aliphatic heterocycles. The Morgan fingerprint density at radius 1 is 0.963 bits per heavy atom. The Hall–Kier alpha value is -2.20. The first-order chi connectivity index (χ1) is 12.9. The smallest absolute Gasteiger partial charge is 0.243 e. The van der Waals surface area contributed by atoms with E-state index in [9.17, 15) is 8.42 Å². The second-order valence-corrected chi connectivity index (χ2v) is 9.15. The number of rotatable bonds is 5. The van der Waals surface area contributed by atoms with E-state index in [0.717, 1.165) is 6.54 Å². The highest BCUT2D eigenvalue weighted by Crippen LogP contribution is 2.20. The number of hydrogen-bond acceptors (Lipinski definition) is 4. The summed E-state index contributed by atoms with van der Waals surface area (Å²) in [4.78, 5) is 2.54. The maximum Gasteiger partial charge on any atom is 0.243 e. The van der Waals surface area contributed by atoms with Gasteiger partial charge in [-0.25, -0.2) is 8.42 Å². The molecule has 1 aliphatic rings. The molecule has 3 rings (SSSR count). The van der Waals surface area contributed by atoms with Crippen molar-refractivity contribution >= 4 is 10.0 Å². The Morgan fingerprint density at radius 3 is 2.07 bits per heavy atom. The standard InChI is InChI=1S/C21H25N3O2S/c1-17(2)20-7-3-19(4-8-20)16-23-11-13-24(14-12-23)27(25,26)21-9-5-18(15-22)6-10-21/h3-10,17H,11-14,16H2,1-2H3. The molecule has 142 valence electrons. The lowest BCUT2D eigenvalue weighted by atomic mass is 10.0. The van der Waals surface area contributed by atoms with Crippen molar-refractivity contribution in [3.63, 3.8) is 0 Å². The predicted molar refractivity (Wildman–Crippen MR) is 106 cm³/mol. The Labute approximate surface area is 161 Å². The van der Waals surface area contributed by atoms with Crippen LogP contribution in [0.1, 0.15) is 36.5 Å². The van der Waals surface area contributed by atoms with E-state index < -0.39 is 10.0 Å². The molecule has 0 amide bonds. The lowest BCUT2D eigenvalue weighted by Gasteiger charge is -2.34. The van der Waals surface area contributed by atoms with Crippen LogP contribution in [-0.2, 0) is 16.6 Å². The second kappa shape index (κ2) is 8.22. The Bertz CT molecular complexity index is 905. The molecule has 1 heterocycles. The molecule has 2 aromatic rings. The summed E-state index contributed by atoms with van der Waals surface area (Å²) in [5, 5.41) is 8.86. The Balaban J connectivity index is 1.60. The molecule has 1 fully saturated rings. The van der Waals surface area contributed by atoms with Gasteiger partial charge in [0, 0.05) is 32.7 Å². The maximum absolute atomic E-state index is 12.8. The summed E-state index contributed by atoms with van der Waals surface area (Å²) in [5.74, 6) is 0.523. The predicted octanol–water partition coefficient (Wildman–Crippen LogP) is 3.19. The number of nitriles is 1. The molecule has 2 aromatic carbocycles. The molecule has 0 aliphatic carbocycles. The molecule has 0 saturated carbocycles. The van der Waals surface area contributed by atoms with E-state index in [4.69, 9.17) is 5.26 Å². The van der Waals surface area contributed by atoms with Crippen LogP contribution in [0.3, 0.4) is 0 Å². The lowest BCUT2D eigenvalue weighted by molar-refractivity contribution is 0.181. The third-order valence-electron chi connectivity index (χ3n) is 5.01. The van der Waals surface area contributed by atoms with Crippen molar-refractivity contribution in [2.24, 2.45) is 0 Å². The van der Waals surface area contributed by atoms with Crippen molar-refractivity contribution in [2.45, 2.75) is 31.2 Å². The molecule has 0 bridgehead atoms. The number of benzene rings is 2. The SMILES string of the molecule is CC(C)c1ccc(CN2CCN(S(=O)(=O)c3ccc(C#N)cc3)CC2)cc1. The zero-order chi connectivity index (χ0) is 19.4. The van der Waals surface area contributed by atoms with E-state index in [0.29, 0.717) is 37.7 Å². The third kappa shape index (κ3) is 4.56. The molecule has 6 heteroatoms. The number of nitrogens with zero attached hydrogens (tertiary/aromatic N) is 3. The largest absolute Gasteiger partial charge is 0.296 e. The van der Waals surface area contributed by atoms with Crippen LogP contribution in [0.15, 0.2) is 53.4 Å². The summed E-state index contributed by atoms with van der Waals surface area (Å²) in [5.41, 5.74) is 3.04. The van der Waals surface area contributed by atoms with E-state index >= 15 is 0 Å². The molecule has 0 aromatic heterocycles. The van der Waals surface area contributed by atoms with Gasteiger partial charge in [0.2, 0.25) is 10.0 Å². The maximum atomic E-state index is 12.8. The lowest BCUT2D eigenvalue weighted by Crippen LogP contribution is -2.48. The fourth-order valence-corrected chi connectivity index (χ4v) is 4.67. The monoisotopic (exact) mass is 383 g/mol. The molecular formula is C21H25N3O2S. The van der Waals surface area contributed by atoms with Gasteiger partial charge in [0.15, 0.2) is 0 Å². The average molecular weight is 384 g/mol. The normalized spacial score (nSPS) is 16.4. The van der Waals surface area contributed by atoms with Gasteiger partial charge in [0.05, 0.1) is 16.5 Å². The van der Waals surface area contributed by atoms with Crippen molar-refractivity contribution in [2.75, 3.05) is 26.2 Å². The van der Waals surface area contributed by atoms with Gasteiger partial charge in [-0.15, -0.1) is 0 Å². The quantitative estimate of drug-likeness (QED) is 0.795. The van der Waals surface area contributed by atoms with Gasteiger partial charge in [-0.2, -0.15) is 9.57 Å². The van der Waals surface area contributed by atoms with Crippen LogP contribution in [0.4, 0.5) is 0 Å². The van der Waals surface area contributed by atoms with Crippen molar-refractivity contribution < 1.29 is 8.42 Å². The van der Waals surface area contributed by atoms with E-state index in [1.54, 1.807) is 12.1 Å². The highest BCUT2D eigenvalue weighted by molar-refractivity contribution is 7.89. The fourth-order valence-electron chi connectivity index (χ4n) is 3.24. The molecule has 0 spiro atoms. The zero-order valence-electron chi connectivity index (χ0n) is 15.8. The van der Waals surface area contributed by atoms with Gasteiger partial charge in [0.25, 0.3) is 0 Å². The summed E-state index contributed by atoms with van der Waals surface area (Å²) in [6.45, 7) is 7.58. The van der Waals surface area contributed by atoms with Crippen molar-refractivity contribution in [3.8, 4) is 6.07 Å². The second-order valence-electron chi connectivity index (χ2n) is 7.21. The number of piperazine rings is 1. The van der Waals surface area contributed by atoms with Gasteiger partial charge < -0.3 is 0 Å². The average Bonchev–Trinajstić information content (AvgIpc) is 2.69. The molecule has 1 saturated heterocycles. The van der Waals surface area contributed by atoms with Gasteiger partial charge in [-0.1, -0.05) is 38.1 Å². The van der Waals surface area contributed by atoms with Gasteiger partial charge in [-0.05, 0) is 41.3 Å². The highest BCUT2D eigenvalue weighted by Gasteiger charge is 2.28. The van der Waals surface area contributed by atoms with Crippen LogP contribution in [0.25, 0.3) is 0 Å². The highest BCUT2D eigenvalue weighted by atomic mass is 32.2. The molecule has 0 atom stereocenters. The Morgan fingerprint density at radius 2 is 1.56 bits per heavy atom. The number of hydrogen-bond donors (Lipinski definition) is 0. The Kier molecular flexibility index (Phi) is 5.95. The first-order valence-electron chi connectivity index (χ1n) is 9.21. The summed E-state index contributed by atoms with van der Waals surface area (Å²) < 4.78 is 27.1. The summed E-state index contributed by atoms with van der Waals surface area (Å²) in [6, 6.07) is 16.8. The first-order valence-corrected chi connectivity index (χ1v) is 10.7. The van der Waals surface area contributed by atoms with Crippen LogP contribution in [0.2, 0.25) is 0 Å². The molecule has 27 heavy (non-hydrogen) atoms. The minimum Gasteiger partial charge on any atom is -0.296 e. The molecule has 0 N–H and O–H groups in total. The van der Waals surface area contributed by atoms with Gasteiger partial charge >= 0.3 is 0 Å². The van der Waals surface area contributed by atoms with Crippen molar-refractivity contribution in [1.29, 1.82) is 5.26 Å². The van der Waals surface area contributed by atoms with Crippen molar-refractivity contribution in [3.05, 3.63) is 65.2 Å². The zero-order valence-corrected chi connectivity index (χ0v) is 16.6. The first kappa shape index (κ1) is 19.6. The minimum absolute atomic E-state index is 0.249. The van der Waals surface area contributed by atoms with E-state index in [1.165, 1.54) is 27.6 Å². The summed E-state index contributed by atoms with van der Waals surface area (Å²) in [7, 11) is -3.50. The summed E-state index contributed by atoms with van der Waals surface area (Å²) >= 11 is 0. The summed E-state index contributed by atoms with van der Waals surface area (Å²) in [6.07, 6.45) is 0. The van der Waals surface area contributed by atoms with Gasteiger partial charge in [0.1, 0.15) is 0 Å². The van der Waals surface area contributed by atoms with Crippen molar-refractivity contribution in [1.82, 2.24) is 9.21 Å². The topological polar surface area (TPSA) is 64.4 Å². The number of sulfonamides is 1. The molecule has 5 nitrogen and oxygen atoms in total. The molecular weight excluding hydrogens is 358 g/mol. The van der Waals surface area contributed by atoms with E-state index in [2.05, 4.69) is 43.0 Å². The van der Waals surface area contributed by atoms with E-state index in [1.807, 2.05) is 6.07 Å².